The molecule has 0 amide bonds. The fourth-order valence-electron chi connectivity index (χ4n) is 3.03. The number of fused-ring (bicyclic) bond motifs is 1. The molecule has 3 heterocycles. The summed E-state index contributed by atoms with van der Waals surface area (Å²) in [5, 5.41) is 3.51. The Balaban J connectivity index is 1.89. The van der Waals surface area contributed by atoms with Crippen LogP contribution < -0.4 is 5.32 Å². The van der Waals surface area contributed by atoms with Gasteiger partial charge >= 0.3 is 5.97 Å². The Hall–Kier alpha value is -2.73. The molecule has 0 aromatic carbocycles. The lowest BCUT2D eigenvalue weighted by atomic mass is 9.89. The van der Waals surface area contributed by atoms with Crippen molar-refractivity contribution in [2.24, 2.45) is 0 Å². The smallest absolute Gasteiger partial charge is 0.307 e. The Morgan fingerprint density at radius 3 is 2.76 bits per heavy atom. The molecule has 0 aliphatic carbocycles. The number of aryl methyl sites for hydroxylation is 1. The number of carbonyl (C=O) groups excluding carboxylic acids is 1. The second kappa shape index (κ2) is 7.03. The van der Waals surface area contributed by atoms with Gasteiger partial charge in [0.2, 0.25) is 0 Å². The molecule has 0 saturated carbocycles. The third-order valence-corrected chi connectivity index (χ3v) is 4.50. The number of ether oxygens (including phenoxy) is 1. The van der Waals surface area contributed by atoms with E-state index in [1.807, 2.05) is 37.4 Å². The number of nitrogens with zero attached hydrogens (tertiary/aromatic N) is 3. The van der Waals surface area contributed by atoms with Crippen LogP contribution in [0.25, 0.3) is 5.65 Å². The van der Waals surface area contributed by atoms with E-state index in [-0.39, 0.29) is 12.4 Å². The van der Waals surface area contributed by atoms with Gasteiger partial charge in [0.25, 0.3) is 0 Å². The SMILES string of the molecule is COC(=O)CC(C)(NCc1cnc2cccc(C)n12)c1ccncc1. The molecular weight excluding hydrogens is 316 g/mol. The molecule has 1 atom stereocenters. The maximum absolute atomic E-state index is 11.9. The minimum atomic E-state index is -0.567. The molecule has 3 rings (SSSR count). The topological polar surface area (TPSA) is 68.5 Å². The molecule has 1 N–H and O–H groups in total. The molecule has 25 heavy (non-hydrogen) atoms. The maximum atomic E-state index is 11.9. The molecule has 0 aliphatic heterocycles. The number of esters is 1. The first-order valence-electron chi connectivity index (χ1n) is 8.18. The average molecular weight is 338 g/mol. The normalized spacial score (nSPS) is 13.6. The molecule has 0 aliphatic rings. The summed E-state index contributed by atoms with van der Waals surface area (Å²) in [6, 6.07) is 9.85. The summed E-state index contributed by atoms with van der Waals surface area (Å²) in [5.41, 5.74) is 3.49. The minimum Gasteiger partial charge on any atom is -0.469 e. The summed E-state index contributed by atoms with van der Waals surface area (Å²) in [7, 11) is 1.41. The van der Waals surface area contributed by atoms with Crippen molar-refractivity contribution < 1.29 is 9.53 Å². The lowest BCUT2D eigenvalue weighted by Gasteiger charge is -2.30. The van der Waals surface area contributed by atoms with E-state index in [1.165, 1.54) is 7.11 Å². The predicted molar refractivity (Wildman–Crippen MR) is 95.0 cm³/mol. The predicted octanol–water partition coefficient (Wildman–Crippen LogP) is 2.61. The number of imidazole rings is 1. The van der Waals surface area contributed by atoms with Gasteiger partial charge in [0.15, 0.2) is 0 Å². The highest BCUT2D eigenvalue weighted by Gasteiger charge is 2.30. The first kappa shape index (κ1) is 17.1. The molecule has 0 saturated heterocycles. The second-order valence-electron chi connectivity index (χ2n) is 6.28. The Kier molecular flexibility index (Phi) is 4.81. The van der Waals surface area contributed by atoms with E-state index in [0.717, 1.165) is 22.6 Å². The van der Waals surface area contributed by atoms with Gasteiger partial charge in [-0.05, 0) is 43.7 Å². The zero-order valence-electron chi connectivity index (χ0n) is 14.7. The van der Waals surface area contributed by atoms with E-state index in [0.29, 0.717) is 6.54 Å². The van der Waals surface area contributed by atoms with E-state index in [4.69, 9.17) is 4.74 Å². The number of carbonyl (C=O) groups is 1. The molecule has 0 fully saturated rings. The molecule has 0 radical (unpaired) electrons. The van der Waals surface area contributed by atoms with Crippen molar-refractivity contribution in [1.82, 2.24) is 19.7 Å². The minimum absolute atomic E-state index is 0.225. The highest BCUT2D eigenvalue weighted by atomic mass is 16.5. The van der Waals surface area contributed by atoms with E-state index < -0.39 is 5.54 Å². The van der Waals surface area contributed by atoms with Gasteiger partial charge in [0.05, 0.1) is 31.0 Å². The van der Waals surface area contributed by atoms with Crippen molar-refractivity contribution in [3.63, 3.8) is 0 Å². The molecule has 6 nitrogen and oxygen atoms in total. The number of hydrogen-bond donors (Lipinski definition) is 1. The van der Waals surface area contributed by atoms with E-state index >= 15 is 0 Å². The quantitative estimate of drug-likeness (QED) is 0.700. The van der Waals surface area contributed by atoms with Gasteiger partial charge in [-0.2, -0.15) is 0 Å². The Morgan fingerprint density at radius 1 is 1.28 bits per heavy atom. The first-order chi connectivity index (χ1) is 12.0. The molecule has 0 spiro atoms. The average Bonchev–Trinajstić information content (AvgIpc) is 3.05. The third-order valence-electron chi connectivity index (χ3n) is 4.50. The Bertz CT molecular complexity index is 876. The van der Waals surface area contributed by atoms with E-state index in [9.17, 15) is 4.79 Å². The van der Waals surface area contributed by atoms with E-state index in [2.05, 4.69) is 32.7 Å². The lowest BCUT2D eigenvalue weighted by molar-refractivity contribution is -0.142. The molecule has 130 valence electrons. The largest absolute Gasteiger partial charge is 0.469 e. The van der Waals surface area contributed by atoms with Crippen LogP contribution in [0.5, 0.6) is 0 Å². The van der Waals surface area contributed by atoms with Crippen LogP contribution >= 0.6 is 0 Å². The van der Waals surface area contributed by atoms with E-state index in [1.54, 1.807) is 12.4 Å². The van der Waals surface area contributed by atoms with Crippen LogP contribution in [0.15, 0.2) is 48.9 Å². The monoisotopic (exact) mass is 338 g/mol. The van der Waals surface area contributed by atoms with Crippen molar-refractivity contribution in [1.29, 1.82) is 0 Å². The highest BCUT2D eigenvalue weighted by Crippen LogP contribution is 2.25. The number of pyridine rings is 2. The van der Waals surface area contributed by atoms with Gasteiger partial charge in [0.1, 0.15) is 5.65 Å². The molecular formula is C19H22N4O2. The fraction of sp³-hybridized carbons (Fsp3) is 0.316. The molecule has 3 aromatic rings. The number of aromatic nitrogens is 3. The summed E-state index contributed by atoms with van der Waals surface area (Å²) in [6.45, 7) is 4.62. The summed E-state index contributed by atoms with van der Waals surface area (Å²) < 4.78 is 6.99. The first-order valence-corrected chi connectivity index (χ1v) is 8.18. The Labute approximate surface area is 146 Å². The summed E-state index contributed by atoms with van der Waals surface area (Å²) in [6.07, 6.45) is 5.54. The molecule has 1 unspecified atom stereocenters. The van der Waals surface area contributed by atoms with Crippen LogP contribution in [0.3, 0.4) is 0 Å². The van der Waals surface area contributed by atoms with Crippen molar-refractivity contribution in [3.05, 3.63) is 65.9 Å². The van der Waals surface area contributed by atoms with Crippen molar-refractivity contribution in [2.45, 2.75) is 32.4 Å². The van der Waals surface area contributed by atoms with Crippen molar-refractivity contribution in [2.75, 3.05) is 7.11 Å². The van der Waals surface area contributed by atoms with Gasteiger partial charge in [-0.15, -0.1) is 0 Å². The molecule has 0 bridgehead atoms. The summed E-state index contributed by atoms with van der Waals surface area (Å²) >= 11 is 0. The number of nitrogens with one attached hydrogen (secondary N) is 1. The van der Waals surface area contributed by atoms with Crippen LogP contribution in [0, 0.1) is 6.92 Å². The standard InChI is InChI=1S/C19H22N4O2/c1-14-5-4-6-17-21-12-16(23(14)17)13-22-19(2,11-18(24)25-3)15-7-9-20-10-8-15/h4-10,12,22H,11,13H2,1-3H3. The van der Waals surface area contributed by atoms with Gasteiger partial charge in [-0.25, -0.2) is 4.98 Å². The van der Waals surface area contributed by atoms with Crippen LogP contribution in [0.4, 0.5) is 0 Å². The third kappa shape index (κ3) is 3.53. The van der Waals surface area contributed by atoms with Crippen molar-refractivity contribution >= 4 is 11.6 Å². The van der Waals surface area contributed by atoms with Gasteiger partial charge in [0, 0.05) is 24.6 Å². The number of hydrogen-bond acceptors (Lipinski definition) is 5. The highest BCUT2D eigenvalue weighted by molar-refractivity contribution is 5.71. The number of methoxy groups -OCH3 is 1. The zero-order chi connectivity index (χ0) is 17.9. The van der Waals surface area contributed by atoms with Crippen LogP contribution in [-0.4, -0.2) is 27.4 Å². The number of rotatable bonds is 6. The summed E-state index contributed by atoms with van der Waals surface area (Å²) in [5.74, 6) is -0.263. The molecule has 3 aromatic heterocycles. The van der Waals surface area contributed by atoms with Crippen molar-refractivity contribution in [3.8, 4) is 0 Å². The van der Waals surface area contributed by atoms with Crippen LogP contribution in [0.2, 0.25) is 0 Å². The van der Waals surface area contributed by atoms with Gasteiger partial charge < -0.3 is 14.5 Å². The molecule has 6 heteroatoms. The van der Waals surface area contributed by atoms with Gasteiger partial charge in [-0.3, -0.25) is 9.78 Å². The van der Waals surface area contributed by atoms with Crippen LogP contribution in [-0.2, 0) is 21.6 Å². The summed E-state index contributed by atoms with van der Waals surface area (Å²) in [4.78, 5) is 20.4. The maximum Gasteiger partial charge on any atom is 0.307 e. The lowest BCUT2D eigenvalue weighted by Crippen LogP contribution is -2.41. The second-order valence-corrected chi connectivity index (χ2v) is 6.28. The van der Waals surface area contributed by atoms with Gasteiger partial charge in [-0.1, -0.05) is 6.07 Å². The zero-order valence-corrected chi connectivity index (χ0v) is 14.7. The van der Waals surface area contributed by atoms with Crippen LogP contribution in [0.1, 0.15) is 30.3 Å². The fourth-order valence-corrected chi connectivity index (χ4v) is 3.03. The Morgan fingerprint density at radius 2 is 2.04 bits per heavy atom.